The Kier molecular flexibility index (Phi) is 6.86. The smallest absolute Gasteiger partial charge is 0.321 e. The summed E-state index contributed by atoms with van der Waals surface area (Å²) < 4.78 is 65.9. The molecule has 176 valence electrons. The van der Waals surface area contributed by atoms with E-state index in [9.17, 15) is 26.4 Å². The fraction of sp³-hybridized carbons (Fsp3) is 0.333. The number of sulfone groups is 1. The van der Waals surface area contributed by atoms with Crippen LogP contribution in [0.2, 0.25) is 0 Å². The van der Waals surface area contributed by atoms with E-state index in [0.29, 0.717) is 18.2 Å². The molecule has 1 aromatic carbocycles. The topological polar surface area (TPSA) is 107 Å². The van der Waals surface area contributed by atoms with Gasteiger partial charge in [0.15, 0.2) is 9.84 Å². The van der Waals surface area contributed by atoms with Gasteiger partial charge in [0.2, 0.25) is 0 Å². The summed E-state index contributed by atoms with van der Waals surface area (Å²) in [6.45, 7) is 3.27. The molecule has 0 spiro atoms. The summed E-state index contributed by atoms with van der Waals surface area (Å²) in [6, 6.07) is 8.11. The summed E-state index contributed by atoms with van der Waals surface area (Å²) in [5.41, 5.74) is -0.897. The van der Waals surface area contributed by atoms with Crippen molar-refractivity contribution < 1.29 is 26.4 Å². The number of hydrogen-bond donors (Lipinski definition) is 1. The molecule has 0 aliphatic heterocycles. The number of nitrogens with one attached hydrogen (secondary N) is 1. The Morgan fingerprint density at radius 3 is 2.55 bits per heavy atom. The zero-order valence-electron chi connectivity index (χ0n) is 18.1. The molecule has 2 heterocycles. The van der Waals surface area contributed by atoms with Crippen molar-refractivity contribution in [1.82, 2.24) is 19.7 Å². The molecule has 0 fully saturated rings. The third-order valence-corrected chi connectivity index (χ3v) is 6.78. The molecule has 12 heteroatoms. The molecule has 8 nitrogen and oxygen atoms in total. The minimum absolute atomic E-state index is 0.0118. The van der Waals surface area contributed by atoms with Crippen molar-refractivity contribution in [3.8, 4) is 0 Å². The number of benzene rings is 1. The van der Waals surface area contributed by atoms with E-state index in [0.717, 1.165) is 17.5 Å². The average Bonchev–Trinajstić information content (AvgIpc) is 3.17. The quantitative estimate of drug-likeness (QED) is 0.552. The molecule has 0 saturated heterocycles. The van der Waals surface area contributed by atoms with Gasteiger partial charge in [-0.15, -0.1) is 10.2 Å². The van der Waals surface area contributed by atoms with Crippen LogP contribution in [0.3, 0.4) is 0 Å². The van der Waals surface area contributed by atoms with Crippen LogP contribution in [0.1, 0.15) is 47.3 Å². The summed E-state index contributed by atoms with van der Waals surface area (Å²) in [5, 5.41) is 10.4. The number of aromatic nitrogens is 4. The SMILES string of the molecule is CCS(=O)(=O)c1cc(C(=O)Nc2cccc([C@H](C)Cc3nncn3C)c2)nc(C(F)(F)F)c1. The number of carbonyl (C=O) groups excluding carboxylic acids is 1. The molecule has 0 bridgehead atoms. The van der Waals surface area contributed by atoms with E-state index in [2.05, 4.69) is 20.5 Å². The van der Waals surface area contributed by atoms with E-state index in [1.165, 1.54) is 6.92 Å². The van der Waals surface area contributed by atoms with Crippen molar-refractivity contribution in [1.29, 1.82) is 0 Å². The Morgan fingerprint density at radius 1 is 1.21 bits per heavy atom. The van der Waals surface area contributed by atoms with Gasteiger partial charge in [-0.3, -0.25) is 4.79 Å². The van der Waals surface area contributed by atoms with Gasteiger partial charge < -0.3 is 9.88 Å². The number of alkyl halides is 3. The number of pyridine rings is 1. The standard InChI is InChI=1S/C21H22F3N5O3S/c1-4-33(31,32)16-10-17(27-18(11-16)21(22,23)24)20(30)26-15-7-5-6-14(9-15)13(2)8-19-28-25-12-29(19)3/h5-7,9-13H,4,8H2,1-3H3,(H,26,30)/t13-/m1/s1. The lowest BCUT2D eigenvalue weighted by molar-refractivity contribution is -0.141. The van der Waals surface area contributed by atoms with E-state index >= 15 is 0 Å². The van der Waals surface area contributed by atoms with Gasteiger partial charge in [-0.05, 0) is 35.7 Å². The van der Waals surface area contributed by atoms with Crippen LogP contribution in [0, 0.1) is 0 Å². The minimum Gasteiger partial charge on any atom is -0.321 e. The molecule has 1 atom stereocenters. The van der Waals surface area contributed by atoms with Gasteiger partial charge in [0.25, 0.3) is 5.91 Å². The minimum atomic E-state index is -4.91. The van der Waals surface area contributed by atoms with Crippen LogP contribution >= 0.6 is 0 Å². The average molecular weight is 482 g/mol. The Morgan fingerprint density at radius 2 is 1.94 bits per heavy atom. The Labute approximate surface area is 188 Å². The number of carbonyl (C=O) groups is 1. The lowest BCUT2D eigenvalue weighted by atomic mass is 9.97. The van der Waals surface area contributed by atoms with Crippen LogP contribution in [0.15, 0.2) is 47.6 Å². The molecule has 0 radical (unpaired) electrons. The Balaban J connectivity index is 1.87. The molecule has 0 aliphatic rings. The number of hydrogen-bond acceptors (Lipinski definition) is 6. The molecule has 33 heavy (non-hydrogen) atoms. The predicted molar refractivity (Wildman–Crippen MR) is 114 cm³/mol. The van der Waals surface area contributed by atoms with Crippen molar-refractivity contribution in [2.24, 2.45) is 7.05 Å². The fourth-order valence-electron chi connectivity index (χ4n) is 3.11. The second-order valence-electron chi connectivity index (χ2n) is 7.52. The zero-order valence-corrected chi connectivity index (χ0v) is 18.9. The van der Waals surface area contributed by atoms with Crippen molar-refractivity contribution >= 4 is 21.4 Å². The maximum absolute atomic E-state index is 13.3. The van der Waals surface area contributed by atoms with Gasteiger partial charge in [0, 0.05) is 19.2 Å². The first-order valence-corrected chi connectivity index (χ1v) is 11.6. The van der Waals surface area contributed by atoms with E-state index in [1.807, 2.05) is 20.0 Å². The molecular weight excluding hydrogens is 459 g/mol. The van der Waals surface area contributed by atoms with Crippen LogP contribution in [0.5, 0.6) is 0 Å². The van der Waals surface area contributed by atoms with Crippen molar-refractivity contribution in [3.63, 3.8) is 0 Å². The van der Waals surface area contributed by atoms with Crippen LogP contribution < -0.4 is 5.32 Å². The molecule has 0 unspecified atom stereocenters. The number of aryl methyl sites for hydroxylation is 1. The number of rotatable bonds is 7. The lowest BCUT2D eigenvalue weighted by Gasteiger charge is -2.14. The number of nitrogens with zero attached hydrogens (tertiary/aromatic N) is 4. The van der Waals surface area contributed by atoms with Gasteiger partial charge in [-0.25, -0.2) is 13.4 Å². The van der Waals surface area contributed by atoms with Crippen LogP contribution in [0.4, 0.5) is 18.9 Å². The summed E-state index contributed by atoms with van der Waals surface area (Å²) in [6.07, 6.45) is -2.74. The molecule has 1 N–H and O–H groups in total. The lowest BCUT2D eigenvalue weighted by Crippen LogP contribution is -2.19. The maximum Gasteiger partial charge on any atom is 0.433 e. The van der Waals surface area contributed by atoms with Crippen LogP contribution in [-0.2, 0) is 29.5 Å². The summed E-state index contributed by atoms with van der Waals surface area (Å²) >= 11 is 0. The van der Waals surface area contributed by atoms with Gasteiger partial charge in [0.05, 0.1) is 10.6 Å². The molecule has 0 saturated carbocycles. The third-order valence-electron chi connectivity index (χ3n) is 5.07. The second-order valence-corrected chi connectivity index (χ2v) is 9.80. The van der Waals surface area contributed by atoms with Crippen molar-refractivity contribution in [3.05, 3.63) is 65.5 Å². The molecule has 3 aromatic rings. The van der Waals surface area contributed by atoms with Gasteiger partial charge >= 0.3 is 6.18 Å². The number of halogens is 3. The van der Waals surface area contributed by atoms with E-state index in [1.54, 1.807) is 29.1 Å². The summed E-state index contributed by atoms with van der Waals surface area (Å²) in [5.74, 6) is -0.583. The highest BCUT2D eigenvalue weighted by atomic mass is 32.2. The Hall–Kier alpha value is -3.28. The highest BCUT2D eigenvalue weighted by Crippen LogP contribution is 2.30. The van der Waals surface area contributed by atoms with E-state index < -0.39 is 44.0 Å². The molecular formula is C21H22F3N5O3S. The normalized spacial score (nSPS) is 13.0. The highest BCUT2D eigenvalue weighted by Gasteiger charge is 2.35. The second kappa shape index (κ2) is 9.30. The van der Waals surface area contributed by atoms with Crippen molar-refractivity contribution in [2.75, 3.05) is 11.1 Å². The van der Waals surface area contributed by atoms with Crippen molar-refractivity contribution in [2.45, 2.75) is 37.3 Å². The molecule has 2 aromatic heterocycles. The third kappa shape index (κ3) is 5.75. The van der Waals surface area contributed by atoms with Gasteiger partial charge in [0.1, 0.15) is 23.5 Å². The first-order valence-electron chi connectivity index (χ1n) is 9.97. The fourth-order valence-corrected chi connectivity index (χ4v) is 4.03. The van der Waals surface area contributed by atoms with E-state index in [4.69, 9.17) is 0 Å². The predicted octanol–water partition coefficient (Wildman–Crippen LogP) is 3.62. The van der Waals surface area contributed by atoms with Gasteiger partial charge in [-0.1, -0.05) is 26.0 Å². The van der Waals surface area contributed by atoms with Crippen LogP contribution in [0.25, 0.3) is 0 Å². The van der Waals surface area contributed by atoms with Crippen LogP contribution in [-0.4, -0.2) is 39.8 Å². The summed E-state index contributed by atoms with van der Waals surface area (Å²) in [7, 11) is -2.16. The van der Waals surface area contributed by atoms with E-state index in [-0.39, 0.29) is 5.92 Å². The Bertz CT molecular complexity index is 1270. The maximum atomic E-state index is 13.3. The number of anilines is 1. The number of amides is 1. The first kappa shape index (κ1) is 24.4. The van der Waals surface area contributed by atoms with Gasteiger partial charge in [-0.2, -0.15) is 13.2 Å². The highest BCUT2D eigenvalue weighted by molar-refractivity contribution is 7.91. The summed E-state index contributed by atoms with van der Waals surface area (Å²) in [4.78, 5) is 15.4. The molecule has 3 rings (SSSR count). The zero-order chi connectivity index (χ0) is 24.4. The molecule has 0 aliphatic carbocycles. The first-order chi connectivity index (χ1) is 15.4. The largest absolute Gasteiger partial charge is 0.433 e. The molecule has 1 amide bonds. The monoisotopic (exact) mass is 481 g/mol.